The molecule has 2 aliphatic heterocycles. The van der Waals surface area contributed by atoms with Crippen LogP contribution in [-0.4, -0.2) is 42.0 Å². The number of fused-ring (bicyclic) bond motifs is 2. The SMILES string of the molecule is NC(=O)C1=C(c2c(Cl)c(F)cc3c2C[C@](c2ccccc2)([C@@H]2CCCN2)O3)C(F)[C@H]2CC(F)C(O)C2=C1. The lowest BCUT2D eigenvalue weighted by Gasteiger charge is -2.35. The van der Waals surface area contributed by atoms with Gasteiger partial charge in [-0.2, -0.15) is 0 Å². The van der Waals surface area contributed by atoms with Gasteiger partial charge < -0.3 is 20.9 Å². The summed E-state index contributed by atoms with van der Waals surface area (Å²) in [7, 11) is 0. The van der Waals surface area contributed by atoms with Crippen LogP contribution in [0.25, 0.3) is 5.57 Å². The molecule has 6 rings (SSSR count). The molecule has 3 unspecified atom stereocenters. The molecule has 9 heteroatoms. The summed E-state index contributed by atoms with van der Waals surface area (Å²) in [4.78, 5) is 12.5. The number of nitrogens with one attached hydrogen (secondary N) is 1. The van der Waals surface area contributed by atoms with Crippen molar-refractivity contribution in [1.29, 1.82) is 0 Å². The van der Waals surface area contributed by atoms with Crippen molar-refractivity contribution in [3.05, 3.63) is 81.2 Å². The third kappa shape index (κ3) is 3.64. The van der Waals surface area contributed by atoms with Crippen molar-refractivity contribution >= 4 is 23.1 Å². The third-order valence-corrected chi connectivity index (χ3v) is 8.63. The highest BCUT2D eigenvalue weighted by Gasteiger charge is 2.52. The van der Waals surface area contributed by atoms with Gasteiger partial charge in [0.05, 0.1) is 11.1 Å². The molecule has 2 heterocycles. The number of rotatable bonds is 4. The highest BCUT2D eigenvalue weighted by molar-refractivity contribution is 6.33. The predicted octanol–water partition coefficient (Wildman–Crippen LogP) is 4.30. The lowest BCUT2D eigenvalue weighted by molar-refractivity contribution is -0.114. The molecule has 5 nitrogen and oxygen atoms in total. The second-order valence-electron chi connectivity index (χ2n) is 10.2. The fourth-order valence-electron chi connectivity index (χ4n) is 6.53. The Hall–Kier alpha value is -2.81. The molecule has 194 valence electrons. The van der Waals surface area contributed by atoms with E-state index in [2.05, 4.69) is 5.32 Å². The normalized spacial score (nSPS) is 32.7. The summed E-state index contributed by atoms with van der Waals surface area (Å²) in [6.45, 7) is 0.798. The Balaban J connectivity index is 1.56. The number of allylic oxidation sites excluding steroid dienone is 1. The van der Waals surface area contributed by atoms with Gasteiger partial charge in [0.25, 0.3) is 0 Å². The number of benzene rings is 2. The van der Waals surface area contributed by atoms with Gasteiger partial charge in [-0.15, -0.1) is 0 Å². The van der Waals surface area contributed by atoms with Crippen molar-refractivity contribution in [2.45, 2.75) is 55.8 Å². The van der Waals surface area contributed by atoms with E-state index in [-0.39, 0.29) is 51.9 Å². The molecule has 2 aromatic carbocycles. The zero-order chi connectivity index (χ0) is 26.1. The molecule has 0 radical (unpaired) electrons. The number of alkyl halides is 2. The molecule has 0 aromatic heterocycles. The summed E-state index contributed by atoms with van der Waals surface area (Å²) in [5.41, 5.74) is 5.72. The second-order valence-corrected chi connectivity index (χ2v) is 10.6. The van der Waals surface area contributed by atoms with Crippen LogP contribution in [0, 0.1) is 11.7 Å². The van der Waals surface area contributed by atoms with Crippen molar-refractivity contribution in [1.82, 2.24) is 5.32 Å². The van der Waals surface area contributed by atoms with Gasteiger partial charge in [0.15, 0.2) is 5.60 Å². The van der Waals surface area contributed by atoms with E-state index in [9.17, 15) is 14.3 Å². The molecular formula is C28H26ClF3N2O3. The third-order valence-electron chi connectivity index (χ3n) is 8.26. The van der Waals surface area contributed by atoms with Crippen LogP contribution in [-0.2, 0) is 16.8 Å². The first-order chi connectivity index (χ1) is 17.7. The number of nitrogens with two attached hydrogens (primary N) is 1. The minimum absolute atomic E-state index is 0.0147. The van der Waals surface area contributed by atoms with E-state index >= 15 is 8.78 Å². The van der Waals surface area contributed by atoms with Gasteiger partial charge in [-0.1, -0.05) is 41.9 Å². The summed E-state index contributed by atoms with van der Waals surface area (Å²) < 4.78 is 52.4. The van der Waals surface area contributed by atoms with Crippen LogP contribution in [0.1, 0.15) is 36.0 Å². The highest BCUT2D eigenvalue weighted by atomic mass is 35.5. The number of ether oxygens (including phenoxy) is 1. The van der Waals surface area contributed by atoms with Crippen LogP contribution in [0.4, 0.5) is 13.2 Å². The number of aliphatic hydroxyl groups excluding tert-OH is 1. The molecule has 2 aromatic rings. The Labute approximate surface area is 217 Å². The molecule has 6 atom stereocenters. The molecule has 2 fully saturated rings. The quantitative estimate of drug-likeness (QED) is 0.550. The Morgan fingerprint density at radius 3 is 2.68 bits per heavy atom. The standard InChI is InChI=1S/C28H26ClF3N2O3/c29-24-18(30)11-20-17(12-28(37-20,21-7-4-8-34-21)13-5-2-1-3-6-13)22(24)23-16(27(33)36)9-15-14(25(23)32)10-19(31)26(15)35/h1-3,5-6,9,11,14,19,21,25-26,34-35H,4,7-8,10,12H2,(H2,33,36)/t14-,19?,21-,25?,26?,28-/m0/s1. The average molecular weight is 531 g/mol. The van der Waals surface area contributed by atoms with E-state index in [4.69, 9.17) is 22.1 Å². The van der Waals surface area contributed by atoms with Crippen LogP contribution in [0.2, 0.25) is 5.02 Å². The summed E-state index contributed by atoms with van der Waals surface area (Å²) in [6, 6.07) is 10.6. The maximum atomic E-state index is 16.2. The lowest BCUT2D eigenvalue weighted by Crippen LogP contribution is -2.48. The Kier molecular flexibility index (Phi) is 5.89. The first-order valence-electron chi connectivity index (χ1n) is 12.4. The zero-order valence-electron chi connectivity index (χ0n) is 19.8. The molecule has 1 amide bonds. The summed E-state index contributed by atoms with van der Waals surface area (Å²) in [6.07, 6.45) is -2.15. The topological polar surface area (TPSA) is 84.6 Å². The van der Waals surface area contributed by atoms with E-state index in [0.717, 1.165) is 24.9 Å². The maximum Gasteiger partial charge on any atom is 0.249 e. The fraction of sp³-hybridized carbons (Fsp3) is 0.393. The molecule has 37 heavy (non-hydrogen) atoms. The lowest BCUT2D eigenvalue weighted by atomic mass is 9.76. The Bertz CT molecular complexity index is 1340. The van der Waals surface area contributed by atoms with Gasteiger partial charge in [-0.3, -0.25) is 4.79 Å². The number of amides is 1. The number of carbonyl (C=O) groups is 1. The molecule has 2 aliphatic carbocycles. The minimum Gasteiger partial charge on any atom is -0.480 e. The molecule has 1 saturated heterocycles. The first kappa shape index (κ1) is 24.5. The highest BCUT2D eigenvalue weighted by Crippen LogP contribution is 2.54. The van der Waals surface area contributed by atoms with E-state index in [1.807, 2.05) is 30.3 Å². The average Bonchev–Trinajstić information content (AvgIpc) is 3.61. The van der Waals surface area contributed by atoms with Crippen LogP contribution < -0.4 is 15.8 Å². The molecule has 0 bridgehead atoms. The maximum absolute atomic E-state index is 16.2. The van der Waals surface area contributed by atoms with Crippen LogP contribution in [0.5, 0.6) is 5.75 Å². The second kappa shape index (κ2) is 8.89. The van der Waals surface area contributed by atoms with Crippen LogP contribution in [0.3, 0.4) is 0 Å². The number of aliphatic hydroxyl groups is 1. The van der Waals surface area contributed by atoms with E-state index in [1.54, 1.807) is 0 Å². The summed E-state index contributed by atoms with van der Waals surface area (Å²) in [5.74, 6) is -2.61. The number of primary amides is 1. The van der Waals surface area contributed by atoms with Gasteiger partial charge in [0, 0.05) is 40.7 Å². The molecule has 4 aliphatic rings. The smallest absolute Gasteiger partial charge is 0.249 e. The van der Waals surface area contributed by atoms with Crippen molar-refractivity contribution in [2.24, 2.45) is 11.7 Å². The Morgan fingerprint density at radius 1 is 1.24 bits per heavy atom. The molecule has 0 spiro atoms. The van der Waals surface area contributed by atoms with E-state index in [1.165, 1.54) is 12.1 Å². The van der Waals surface area contributed by atoms with E-state index in [0.29, 0.717) is 5.56 Å². The minimum atomic E-state index is -1.92. The largest absolute Gasteiger partial charge is 0.480 e. The number of hydrogen-bond acceptors (Lipinski definition) is 4. The monoisotopic (exact) mass is 530 g/mol. The van der Waals surface area contributed by atoms with Gasteiger partial charge in [-0.25, -0.2) is 13.2 Å². The van der Waals surface area contributed by atoms with Crippen molar-refractivity contribution in [3.8, 4) is 5.75 Å². The van der Waals surface area contributed by atoms with Gasteiger partial charge in [0.1, 0.15) is 30.0 Å². The number of halogens is 4. The Morgan fingerprint density at radius 2 is 2.00 bits per heavy atom. The van der Waals surface area contributed by atoms with Crippen LogP contribution >= 0.6 is 11.6 Å². The number of hydrogen-bond donors (Lipinski definition) is 3. The first-order valence-corrected chi connectivity index (χ1v) is 12.8. The van der Waals surface area contributed by atoms with Crippen molar-refractivity contribution < 1.29 is 27.8 Å². The van der Waals surface area contributed by atoms with Crippen molar-refractivity contribution in [3.63, 3.8) is 0 Å². The summed E-state index contributed by atoms with van der Waals surface area (Å²) in [5, 5.41) is 13.4. The van der Waals surface area contributed by atoms with Gasteiger partial charge in [0.2, 0.25) is 5.91 Å². The van der Waals surface area contributed by atoms with Crippen molar-refractivity contribution in [2.75, 3.05) is 6.54 Å². The number of carbonyl (C=O) groups excluding carboxylic acids is 1. The van der Waals surface area contributed by atoms with Gasteiger partial charge in [-0.05, 0) is 43.0 Å². The van der Waals surface area contributed by atoms with E-state index < -0.39 is 41.7 Å². The molecular weight excluding hydrogens is 505 g/mol. The van der Waals surface area contributed by atoms with Gasteiger partial charge >= 0.3 is 0 Å². The predicted molar refractivity (Wildman–Crippen MR) is 133 cm³/mol. The summed E-state index contributed by atoms with van der Waals surface area (Å²) >= 11 is 6.50. The fourth-order valence-corrected chi connectivity index (χ4v) is 6.80. The molecule has 1 saturated carbocycles. The van der Waals surface area contributed by atoms with Crippen LogP contribution in [0.15, 0.2) is 53.6 Å². The molecule has 4 N–H and O–H groups in total. The zero-order valence-corrected chi connectivity index (χ0v) is 20.6.